The molecule has 0 saturated carbocycles. The third-order valence-corrected chi connectivity index (χ3v) is 2.64. The fourth-order valence-corrected chi connectivity index (χ4v) is 1.48. The second-order valence-electron chi connectivity index (χ2n) is 4.51. The van der Waals surface area contributed by atoms with Gasteiger partial charge >= 0.3 is 0 Å². The lowest BCUT2D eigenvalue weighted by Crippen LogP contribution is -2.29. The van der Waals surface area contributed by atoms with Crippen LogP contribution in [0, 0.1) is 5.92 Å². The highest BCUT2D eigenvalue weighted by Crippen LogP contribution is 2.13. The minimum Gasteiger partial charge on any atom is -0.394 e. The van der Waals surface area contributed by atoms with Gasteiger partial charge in [0.05, 0.1) is 12.6 Å². The molecule has 0 aliphatic carbocycles. The molecule has 0 fully saturated rings. The van der Waals surface area contributed by atoms with Gasteiger partial charge in [-0.3, -0.25) is 0 Å². The van der Waals surface area contributed by atoms with Gasteiger partial charge in [-0.1, -0.05) is 26.8 Å². The quantitative estimate of drug-likeness (QED) is 0.681. The fraction of sp³-hybridized carbons (Fsp3) is 0.615. The van der Waals surface area contributed by atoms with Gasteiger partial charge in [-0.2, -0.15) is 0 Å². The number of hydrogen-bond donors (Lipinski definition) is 3. The highest BCUT2D eigenvalue weighted by molar-refractivity contribution is 5.45. The maximum absolute atomic E-state index is 9.26. The van der Waals surface area contributed by atoms with E-state index in [2.05, 4.69) is 36.4 Å². The van der Waals surface area contributed by atoms with Crippen molar-refractivity contribution in [1.29, 1.82) is 0 Å². The van der Waals surface area contributed by atoms with Crippen LogP contribution in [0.5, 0.6) is 0 Å². The Morgan fingerprint density at radius 2 is 2.00 bits per heavy atom. The molecule has 0 aliphatic rings. The first-order chi connectivity index (χ1) is 8.17. The predicted molar refractivity (Wildman–Crippen MR) is 72.4 cm³/mol. The minimum atomic E-state index is 0.0453. The van der Waals surface area contributed by atoms with Crippen molar-refractivity contribution < 1.29 is 5.11 Å². The summed E-state index contributed by atoms with van der Waals surface area (Å²) in [5, 5.41) is 15.7. The Kier molecular flexibility index (Phi) is 5.77. The van der Waals surface area contributed by atoms with Gasteiger partial charge in [-0.15, -0.1) is 0 Å². The number of hydrogen-bond acceptors (Lipinski definition) is 4. The van der Waals surface area contributed by atoms with Crippen LogP contribution in [-0.2, 0) is 0 Å². The van der Waals surface area contributed by atoms with Gasteiger partial charge in [0.2, 0.25) is 0 Å². The summed E-state index contributed by atoms with van der Waals surface area (Å²) in [6.07, 6.45) is 1.07. The number of anilines is 2. The number of pyridine rings is 1. The Bertz CT molecular complexity index is 328. The van der Waals surface area contributed by atoms with Crippen LogP contribution in [0.25, 0.3) is 0 Å². The molecule has 4 heteroatoms. The molecule has 0 saturated heterocycles. The minimum absolute atomic E-state index is 0.0453. The van der Waals surface area contributed by atoms with E-state index in [9.17, 15) is 5.11 Å². The number of nitrogens with zero attached hydrogens (tertiary/aromatic N) is 1. The number of aromatic nitrogens is 1. The third-order valence-electron chi connectivity index (χ3n) is 2.64. The van der Waals surface area contributed by atoms with E-state index in [1.165, 1.54) is 0 Å². The molecule has 96 valence electrons. The van der Waals surface area contributed by atoms with E-state index < -0.39 is 0 Å². The van der Waals surface area contributed by atoms with E-state index in [1.807, 2.05) is 18.2 Å². The van der Waals surface area contributed by atoms with Crippen LogP contribution in [0.2, 0.25) is 0 Å². The molecular formula is C13H23N3O. The summed E-state index contributed by atoms with van der Waals surface area (Å²) in [6.45, 7) is 7.31. The SMILES string of the molecule is CCCNc1cccc(NC(CO)C(C)C)n1. The molecule has 1 aromatic heterocycles. The molecule has 1 aromatic rings. The molecule has 0 aliphatic heterocycles. The zero-order valence-corrected chi connectivity index (χ0v) is 10.9. The number of aliphatic hydroxyl groups excluding tert-OH is 1. The maximum Gasteiger partial charge on any atom is 0.128 e. The van der Waals surface area contributed by atoms with Crippen LogP contribution in [0.1, 0.15) is 27.2 Å². The summed E-state index contributed by atoms with van der Waals surface area (Å²) >= 11 is 0. The van der Waals surface area contributed by atoms with Gasteiger partial charge in [-0.05, 0) is 24.5 Å². The van der Waals surface area contributed by atoms with E-state index >= 15 is 0 Å². The highest BCUT2D eigenvalue weighted by atomic mass is 16.3. The molecule has 4 nitrogen and oxygen atoms in total. The monoisotopic (exact) mass is 237 g/mol. The smallest absolute Gasteiger partial charge is 0.128 e. The van der Waals surface area contributed by atoms with Crippen LogP contribution in [0.3, 0.4) is 0 Å². The zero-order valence-electron chi connectivity index (χ0n) is 10.9. The average Bonchev–Trinajstić information content (AvgIpc) is 2.33. The van der Waals surface area contributed by atoms with Crippen LogP contribution in [0.15, 0.2) is 18.2 Å². The number of aliphatic hydroxyl groups is 1. The van der Waals surface area contributed by atoms with Gasteiger partial charge in [0.25, 0.3) is 0 Å². The van der Waals surface area contributed by atoms with Crippen molar-refractivity contribution in [2.24, 2.45) is 5.92 Å². The molecule has 0 spiro atoms. The van der Waals surface area contributed by atoms with Crippen LogP contribution >= 0.6 is 0 Å². The first kappa shape index (κ1) is 13.8. The van der Waals surface area contributed by atoms with Gasteiger partial charge in [0, 0.05) is 6.54 Å². The van der Waals surface area contributed by atoms with Crippen molar-refractivity contribution in [3.05, 3.63) is 18.2 Å². The van der Waals surface area contributed by atoms with Gasteiger partial charge in [-0.25, -0.2) is 4.98 Å². The van der Waals surface area contributed by atoms with Gasteiger partial charge in [0.1, 0.15) is 11.6 Å². The molecular weight excluding hydrogens is 214 g/mol. The largest absolute Gasteiger partial charge is 0.394 e. The Balaban J connectivity index is 2.64. The molecule has 1 heterocycles. The van der Waals surface area contributed by atoms with Crippen molar-refractivity contribution >= 4 is 11.6 Å². The predicted octanol–water partition coefficient (Wildman–Crippen LogP) is 2.33. The third kappa shape index (κ3) is 4.61. The summed E-state index contributed by atoms with van der Waals surface area (Å²) in [5.74, 6) is 2.05. The van der Waals surface area contributed by atoms with Crippen LogP contribution in [0.4, 0.5) is 11.6 Å². The number of nitrogens with one attached hydrogen (secondary N) is 2. The fourth-order valence-electron chi connectivity index (χ4n) is 1.48. The van der Waals surface area contributed by atoms with E-state index in [1.54, 1.807) is 0 Å². The molecule has 3 N–H and O–H groups in total. The standard InChI is InChI=1S/C13H23N3O/c1-4-8-14-12-6-5-7-13(16-12)15-11(9-17)10(2)3/h5-7,10-11,17H,4,8-9H2,1-3H3,(H2,14,15,16). The lowest BCUT2D eigenvalue weighted by atomic mass is 10.1. The Labute approximate surface area is 103 Å². The van der Waals surface area contributed by atoms with E-state index in [-0.39, 0.29) is 12.6 Å². The summed E-state index contributed by atoms with van der Waals surface area (Å²) in [4.78, 5) is 4.45. The van der Waals surface area contributed by atoms with Crippen molar-refractivity contribution in [2.45, 2.75) is 33.2 Å². The lowest BCUT2D eigenvalue weighted by Gasteiger charge is -2.20. The topological polar surface area (TPSA) is 57.2 Å². The molecule has 0 bridgehead atoms. The zero-order chi connectivity index (χ0) is 12.7. The molecule has 17 heavy (non-hydrogen) atoms. The normalized spacial score (nSPS) is 12.5. The van der Waals surface area contributed by atoms with Crippen molar-refractivity contribution in [1.82, 2.24) is 4.98 Å². The first-order valence-electron chi connectivity index (χ1n) is 6.25. The Morgan fingerprint density at radius 3 is 2.59 bits per heavy atom. The van der Waals surface area contributed by atoms with Gasteiger partial charge in [0.15, 0.2) is 0 Å². The van der Waals surface area contributed by atoms with Crippen LogP contribution < -0.4 is 10.6 Å². The second kappa shape index (κ2) is 7.12. The van der Waals surface area contributed by atoms with E-state index in [4.69, 9.17) is 0 Å². The maximum atomic E-state index is 9.26. The Morgan fingerprint density at radius 1 is 1.29 bits per heavy atom. The second-order valence-corrected chi connectivity index (χ2v) is 4.51. The Hall–Kier alpha value is -1.29. The molecule has 0 aromatic carbocycles. The summed E-state index contributed by atoms with van der Waals surface area (Å²) in [6, 6.07) is 5.87. The lowest BCUT2D eigenvalue weighted by molar-refractivity contribution is 0.249. The average molecular weight is 237 g/mol. The first-order valence-corrected chi connectivity index (χ1v) is 6.25. The molecule has 1 unspecified atom stereocenters. The van der Waals surface area contributed by atoms with Gasteiger partial charge < -0.3 is 15.7 Å². The highest BCUT2D eigenvalue weighted by Gasteiger charge is 2.12. The van der Waals surface area contributed by atoms with Crippen molar-refractivity contribution in [3.8, 4) is 0 Å². The summed E-state index contributed by atoms with van der Waals surface area (Å²) in [5.41, 5.74) is 0. The molecule has 0 radical (unpaired) electrons. The summed E-state index contributed by atoms with van der Waals surface area (Å²) in [7, 11) is 0. The number of rotatable bonds is 7. The van der Waals surface area contributed by atoms with Crippen LogP contribution in [-0.4, -0.2) is 29.3 Å². The van der Waals surface area contributed by atoms with Crippen molar-refractivity contribution in [3.63, 3.8) is 0 Å². The van der Waals surface area contributed by atoms with E-state index in [0.717, 1.165) is 24.6 Å². The molecule has 1 atom stereocenters. The van der Waals surface area contributed by atoms with Crippen molar-refractivity contribution in [2.75, 3.05) is 23.8 Å². The summed E-state index contributed by atoms with van der Waals surface area (Å²) < 4.78 is 0. The van der Waals surface area contributed by atoms with E-state index in [0.29, 0.717) is 5.92 Å². The molecule has 0 amide bonds. The molecule has 1 rings (SSSR count).